The van der Waals surface area contributed by atoms with Gasteiger partial charge in [0.05, 0.1) is 0 Å². The van der Waals surface area contributed by atoms with Crippen LogP contribution in [-0.4, -0.2) is 22.2 Å². The zero-order valence-corrected chi connectivity index (χ0v) is 6.33. The van der Waals surface area contributed by atoms with Gasteiger partial charge in [-0.25, -0.2) is 0 Å². The summed E-state index contributed by atoms with van der Waals surface area (Å²) in [6.07, 6.45) is 2.93. The van der Waals surface area contributed by atoms with Crippen LogP contribution in [-0.2, 0) is 0 Å². The Hall–Kier alpha value is 0.503. The molecule has 1 aliphatic rings. The number of hydrogen-bond acceptors (Lipinski definition) is 1. The van der Waals surface area contributed by atoms with Gasteiger partial charge in [-0.15, -0.1) is 0 Å². The molecular formula is C4H10GeN. The molecule has 0 aromatic rings. The van der Waals surface area contributed by atoms with E-state index in [1.165, 1.54) is 19.4 Å². The van der Waals surface area contributed by atoms with Gasteiger partial charge in [0.2, 0.25) is 0 Å². The van der Waals surface area contributed by atoms with E-state index >= 15 is 0 Å². The molecule has 1 aliphatic heterocycles. The minimum atomic E-state index is 0.135. The fourth-order valence-electron chi connectivity index (χ4n) is 0.678. The Morgan fingerprint density at radius 2 is 2.33 bits per heavy atom. The summed E-state index contributed by atoms with van der Waals surface area (Å²) in [5.74, 6) is 0. The maximum absolute atomic E-state index is 3.44. The molecule has 0 amide bonds. The standard InChI is InChI=1S/C4H10GeN/c1-2-4-6-5-3-1/h5-6H,1-4H2. The van der Waals surface area contributed by atoms with Crippen LogP contribution in [0.5, 0.6) is 0 Å². The molecule has 1 N–H and O–H groups in total. The Morgan fingerprint density at radius 1 is 1.33 bits per heavy atom. The molecule has 0 saturated carbocycles. The van der Waals surface area contributed by atoms with Crippen LogP contribution in [0.25, 0.3) is 0 Å². The van der Waals surface area contributed by atoms with Crippen LogP contribution in [0, 0.1) is 0 Å². The third-order valence-corrected chi connectivity index (χ3v) is 3.74. The number of rotatable bonds is 0. The Labute approximate surface area is 45.2 Å². The zero-order valence-electron chi connectivity index (χ0n) is 3.91. The van der Waals surface area contributed by atoms with Crippen molar-refractivity contribution in [2.24, 2.45) is 0 Å². The van der Waals surface area contributed by atoms with Crippen LogP contribution in [0.3, 0.4) is 0 Å². The van der Waals surface area contributed by atoms with Crippen molar-refractivity contribution < 1.29 is 0 Å². The molecule has 0 aliphatic carbocycles. The molecule has 1 saturated heterocycles. The van der Waals surface area contributed by atoms with Crippen molar-refractivity contribution in [1.29, 1.82) is 0 Å². The van der Waals surface area contributed by atoms with Crippen molar-refractivity contribution >= 4 is 15.7 Å². The Morgan fingerprint density at radius 3 is 2.50 bits per heavy atom. The van der Waals surface area contributed by atoms with E-state index < -0.39 is 0 Å². The van der Waals surface area contributed by atoms with Crippen LogP contribution >= 0.6 is 0 Å². The molecule has 2 heteroatoms. The van der Waals surface area contributed by atoms with Gasteiger partial charge in [0.1, 0.15) is 0 Å². The molecular weight excluding hydrogens is 135 g/mol. The van der Waals surface area contributed by atoms with Crippen molar-refractivity contribution in [1.82, 2.24) is 4.27 Å². The molecule has 35 valence electrons. The van der Waals surface area contributed by atoms with E-state index in [-0.39, 0.29) is 15.7 Å². The quantitative estimate of drug-likeness (QED) is 0.477. The summed E-state index contributed by atoms with van der Waals surface area (Å²) >= 11 is 0.135. The van der Waals surface area contributed by atoms with Crippen molar-refractivity contribution in [3.05, 3.63) is 0 Å². The van der Waals surface area contributed by atoms with Crippen molar-refractivity contribution in [3.8, 4) is 0 Å². The van der Waals surface area contributed by atoms with E-state index in [0.717, 1.165) is 0 Å². The van der Waals surface area contributed by atoms with Gasteiger partial charge in [-0.05, 0) is 0 Å². The molecule has 0 aromatic carbocycles. The normalized spacial score (nSPS) is 24.0. The van der Waals surface area contributed by atoms with Crippen LogP contribution in [0.1, 0.15) is 12.8 Å². The van der Waals surface area contributed by atoms with Crippen LogP contribution in [0.15, 0.2) is 0 Å². The molecule has 0 bridgehead atoms. The molecule has 1 nitrogen and oxygen atoms in total. The molecule has 1 radical (unpaired) electrons. The summed E-state index contributed by atoms with van der Waals surface area (Å²) in [7, 11) is 0. The first kappa shape index (κ1) is 4.66. The van der Waals surface area contributed by atoms with Crippen molar-refractivity contribution in [2.45, 2.75) is 18.1 Å². The number of nitrogens with one attached hydrogen (secondary N) is 1. The fraction of sp³-hybridized carbons (Fsp3) is 1.00. The maximum atomic E-state index is 3.44. The molecule has 0 atom stereocenters. The van der Waals surface area contributed by atoms with Gasteiger partial charge in [-0.3, -0.25) is 0 Å². The van der Waals surface area contributed by atoms with Crippen LogP contribution in [0.2, 0.25) is 5.25 Å². The summed E-state index contributed by atoms with van der Waals surface area (Å²) in [5.41, 5.74) is 0. The average Bonchev–Trinajstić information content (AvgIpc) is 1.72. The minimum absolute atomic E-state index is 0.135. The Bertz CT molecular complexity index is 23.0. The summed E-state index contributed by atoms with van der Waals surface area (Å²) in [6.45, 7) is 1.32. The molecule has 0 aromatic heterocycles. The topological polar surface area (TPSA) is 12.0 Å². The molecule has 6 heavy (non-hydrogen) atoms. The first-order valence-electron chi connectivity index (χ1n) is 2.55. The van der Waals surface area contributed by atoms with Crippen LogP contribution in [0.4, 0.5) is 0 Å². The van der Waals surface area contributed by atoms with Gasteiger partial charge in [-0.2, -0.15) is 0 Å². The van der Waals surface area contributed by atoms with Crippen molar-refractivity contribution in [2.75, 3.05) is 6.54 Å². The van der Waals surface area contributed by atoms with Gasteiger partial charge in [0, 0.05) is 0 Å². The van der Waals surface area contributed by atoms with Crippen LogP contribution < -0.4 is 4.27 Å². The average molecular weight is 145 g/mol. The SMILES string of the molecule is C1C[CH2][GeH][NH]C1. The number of hydrogen-bond donors (Lipinski definition) is 1. The second-order valence-corrected chi connectivity index (χ2v) is 4.58. The third kappa shape index (κ3) is 1.31. The molecule has 0 unspecified atom stereocenters. The third-order valence-electron chi connectivity index (χ3n) is 1.06. The second kappa shape index (κ2) is 2.64. The summed E-state index contributed by atoms with van der Waals surface area (Å²) < 4.78 is 3.44. The van der Waals surface area contributed by atoms with Gasteiger partial charge < -0.3 is 0 Å². The first-order valence-corrected chi connectivity index (χ1v) is 5.47. The van der Waals surface area contributed by atoms with Gasteiger partial charge in [0.15, 0.2) is 0 Å². The molecule has 1 rings (SSSR count). The van der Waals surface area contributed by atoms with E-state index in [1.807, 2.05) is 0 Å². The summed E-state index contributed by atoms with van der Waals surface area (Å²) in [5, 5.41) is 1.55. The van der Waals surface area contributed by atoms with Gasteiger partial charge in [0.25, 0.3) is 0 Å². The second-order valence-electron chi connectivity index (χ2n) is 1.65. The summed E-state index contributed by atoms with van der Waals surface area (Å²) in [4.78, 5) is 0. The van der Waals surface area contributed by atoms with Crippen molar-refractivity contribution in [3.63, 3.8) is 0 Å². The zero-order chi connectivity index (χ0) is 4.24. The molecule has 0 spiro atoms. The van der Waals surface area contributed by atoms with E-state index in [0.29, 0.717) is 0 Å². The van der Waals surface area contributed by atoms with E-state index in [9.17, 15) is 0 Å². The van der Waals surface area contributed by atoms with Gasteiger partial charge >= 0.3 is 44.6 Å². The Balaban J connectivity index is 2.00. The fourth-order valence-corrected chi connectivity index (χ4v) is 3.00. The van der Waals surface area contributed by atoms with E-state index in [2.05, 4.69) is 4.27 Å². The Kier molecular flexibility index (Phi) is 2.05. The molecule has 1 heterocycles. The first-order chi connectivity index (χ1) is 3.00. The summed E-state index contributed by atoms with van der Waals surface area (Å²) in [6, 6.07) is 0. The predicted octanol–water partition coefficient (Wildman–Crippen LogP) is 0.140. The predicted molar refractivity (Wildman–Crippen MR) is 29.2 cm³/mol. The monoisotopic (exact) mass is 146 g/mol. The van der Waals surface area contributed by atoms with E-state index in [4.69, 9.17) is 0 Å². The van der Waals surface area contributed by atoms with E-state index in [1.54, 1.807) is 5.25 Å². The molecule has 1 fully saturated rings. The van der Waals surface area contributed by atoms with Gasteiger partial charge in [-0.1, -0.05) is 0 Å².